The van der Waals surface area contributed by atoms with E-state index >= 15 is 0 Å². The van der Waals surface area contributed by atoms with E-state index in [1.165, 1.54) is 0 Å². The van der Waals surface area contributed by atoms with E-state index in [2.05, 4.69) is 6.07 Å². The molecule has 0 saturated carbocycles. The van der Waals surface area contributed by atoms with Crippen molar-refractivity contribution in [2.45, 2.75) is 39.2 Å². The average Bonchev–Trinajstić information content (AvgIpc) is 3.47. The van der Waals surface area contributed by atoms with Crippen LogP contribution in [0, 0.1) is 6.92 Å². The molecule has 0 aliphatic carbocycles. The van der Waals surface area contributed by atoms with E-state index in [4.69, 9.17) is 17.9 Å². The topological polar surface area (TPSA) is 130 Å². The SMILES string of the molecule is Cc1ccc2c(c1)N(CCCCOS(=O)O)C(=Cc1oc3ccc(-c4ccccc4)cc3[n+]1CCCCS(=O)(=O)O)O2. The van der Waals surface area contributed by atoms with Gasteiger partial charge in [0.25, 0.3) is 15.6 Å². The van der Waals surface area contributed by atoms with Gasteiger partial charge in [-0.05, 0) is 61.1 Å². The van der Waals surface area contributed by atoms with Gasteiger partial charge in [0.15, 0.2) is 12.3 Å². The van der Waals surface area contributed by atoms with E-state index in [0.717, 1.165) is 27.9 Å². The molecule has 0 bridgehead atoms. The minimum absolute atomic E-state index is 0.161. The first kappa shape index (κ1) is 29.9. The van der Waals surface area contributed by atoms with Gasteiger partial charge in [-0.3, -0.25) is 13.3 Å². The highest BCUT2D eigenvalue weighted by molar-refractivity contribution is 7.85. The number of fused-ring (bicyclic) bond motifs is 2. The molecule has 42 heavy (non-hydrogen) atoms. The van der Waals surface area contributed by atoms with Gasteiger partial charge in [0.1, 0.15) is 6.08 Å². The second-order valence-electron chi connectivity index (χ2n) is 10.1. The molecular weight excluding hydrogens is 580 g/mol. The van der Waals surface area contributed by atoms with Crippen molar-refractivity contribution in [3.05, 3.63) is 84.1 Å². The summed E-state index contributed by atoms with van der Waals surface area (Å²) in [6.07, 6.45) is 3.89. The molecule has 0 amide bonds. The number of oxazole rings is 1. The lowest BCUT2D eigenvalue weighted by atomic mass is 10.1. The van der Waals surface area contributed by atoms with E-state index in [1.54, 1.807) is 0 Å². The number of benzene rings is 3. The van der Waals surface area contributed by atoms with Gasteiger partial charge in [-0.15, -0.1) is 0 Å². The predicted molar refractivity (Wildman–Crippen MR) is 161 cm³/mol. The van der Waals surface area contributed by atoms with E-state index in [9.17, 15) is 17.2 Å². The fraction of sp³-hybridized carbons (Fsp3) is 0.300. The zero-order valence-electron chi connectivity index (χ0n) is 23.1. The number of nitrogens with zero attached hydrogens (tertiary/aromatic N) is 2. The van der Waals surface area contributed by atoms with E-state index < -0.39 is 21.5 Å². The van der Waals surface area contributed by atoms with Gasteiger partial charge in [0, 0.05) is 19.0 Å². The summed E-state index contributed by atoms with van der Waals surface area (Å²) in [6, 6.07) is 21.9. The highest BCUT2D eigenvalue weighted by Crippen LogP contribution is 2.40. The Hall–Kier alpha value is -3.55. The Morgan fingerprint density at radius 3 is 2.57 bits per heavy atom. The molecule has 10 nitrogen and oxygen atoms in total. The molecule has 1 atom stereocenters. The van der Waals surface area contributed by atoms with Gasteiger partial charge in [-0.25, -0.2) is 0 Å². The molecule has 1 aliphatic heterocycles. The first-order valence-corrected chi connectivity index (χ1v) is 16.3. The standard InChI is InChI=1S/C30H32N2O8S2/c1-22-11-13-27-25(19-22)31(15-5-7-17-38-41(33)34)29(39-27)21-30-32(16-6-8-18-42(35,36)37)26-20-24(12-14-28(26)40-30)23-9-3-2-4-10-23/h2-4,9-14,19-21H,5-8,15-18H2,1H3,(H-,33,34,35,36,37)/p+1. The van der Waals surface area contributed by atoms with Crippen LogP contribution >= 0.6 is 0 Å². The van der Waals surface area contributed by atoms with Crippen LogP contribution in [0.2, 0.25) is 0 Å². The second kappa shape index (κ2) is 13.2. The summed E-state index contributed by atoms with van der Waals surface area (Å²) in [5.74, 6) is 1.50. The largest absolute Gasteiger partial charge is 0.438 e. The lowest BCUT2D eigenvalue weighted by Gasteiger charge is -2.18. The van der Waals surface area contributed by atoms with Crippen LogP contribution in [0.3, 0.4) is 0 Å². The van der Waals surface area contributed by atoms with Crippen molar-refractivity contribution in [3.8, 4) is 16.9 Å². The number of ether oxygens (including phenoxy) is 1. The van der Waals surface area contributed by atoms with E-state index in [0.29, 0.717) is 61.9 Å². The second-order valence-corrected chi connectivity index (χ2v) is 12.3. The van der Waals surface area contributed by atoms with E-state index in [-0.39, 0.29) is 12.4 Å². The molecule has 2 heterocycles. The molecular formula is C30H33N2O8S2+. The third kappa shape index (κ3) is 7.44. The Kier molecular flexibility index (Phi) is 9.39. The highest BCUT2D eigenvalue weighted by Gasteiger charge is 2.30. The van der Waals surface area contributed by atoms with Gasteiger partial charge in [0.2, 0.25) is 11.5 Å². The summed E-state index contributed by atoms with van der Waals surface area (Å²) in [4.78, 5) is 2.05. The zero-order valence-corrected chi connectivity index (χ0v) is 24.8. The first-order chi connectivity index (χ1) is 20.2. The normalized spacial score (nSPS) is 14.8. The quantitative estimate of drug-likeness (QED) is 0.0869. The van der Waals surface area contributed by atoms with Crippen molar-refractivity contribution in [1.29, 1.82) is 0 Å². The average molecular weight is 614 g/mol. The van der Waals surface area contributed by atoms with Crippen LogP contribution in [-0.2, 0) is 32.2 Å². The number of aromatic nitrogens is 1. The smallest absolute Gasteiger partial charge is 0.379 e. The third-order valence-electron chi connectivity index (χ3n) is 6.96. The lowest BCUT2D eigenvalue weighted by Crippen LogP contribution is -2.36. The zero-order chi connectivity index (χ0) is 29.7. The molecule has 1 aliphatic rings. The Bertz CT molecular complexity index is 1720. The van der Waals surface area contributed by atoms with Crippen LogP contribution < -0.4 is 14.2 Å². The molecule has 0 spiro atoms. The van der Waals surface area contributed by atoms with Crippen molar-refractivity contribution in [2.75, 3.05) is 23.8 Å². The summed E-state index contributed by atoms with van der Waals surface area (Å²) in [5.41, 5.74) is 5.58. The molecule has 222 valence electrons. The Morgan fingerprint density at radius 1 is 1.00 bits per heavy atom. The molecule has 3 aromatic carbocycles. The molecule has 4 aromatic rings. The summed E-state index contributed by atoms with van der Waals surface area (Å²) >= 11 is -2.29. The number of anilines is 1. The number of aryl methyl sites for hydroxylation is 2. The molecule has 12 heteroatoms. The van der Waals surface area contributed by atoms with Crippen LogP contribution in [0.15, 0.2) is 77.0 Å². The van der Waals surface area contributed by atoms with Crippen LogP contribution in [0.1, 0.15) is 37.1 Å². The third-order valence-corrected chi connectivity index (χ3v) is 8.14. The fourth-order valence-electron chi connectivity index (χ4n) is 4.96. The number of hydrogen-bond acceptors (Lipinski definition) is 7. The molecule has 5 rings (SSSR count). The monoisotopic (exact) mass is 613 g/mol. The summed E-state index contributed by atoms with van der Waals surface area (Å²) in [6.45, 7) is 3.21. The Morgan fingerprint density at radius 2 is 1.81 bits per heavy atom. The predicted octanol–water partition coefficient (Wildman–Crippen LogP) is 5.49. The van der Waals surface area contributed by atoms with Crippen LogP contribution in [0.5, 0.6) is 5.75 Å². The van der Waals surface area contributed by atoms with Crippen LogP contribution in [-0.4, -0.2) is 40.6 Å². The Balaban J connectivity index is 1.49. The minimum Gasteiger partial charge on any atom is -0.438 e. The highest BCUT2D eigenvalue weighted by atomic mass is 32.2. The van der Waals surface area contributed by atoms with Crippen molar-refractivity contribution in [3.63, 3.8) is 0 Å². The van der Waals surface area contributed by atoms with Gasteiger partial charge in [-0.1, -0.05) is 42.5 Å². The van der Waals surface area contributed by atoms with Crippen LogP contribution in [0.4, 0.5) is 5.69 Å². The molecule has 2 N–H and O–H groups in total. The molecule has 0 fully saturated rings. The maximum atomic E-state index is 11.3. The fourth-order valence-corrected chi connectivity index (χ4v) is 5.79. The summed E-state index contributed by atoms with van der Waals surface area (Å²) < 4.78 is 70.8. The molecule has 0 saturated heterocycles. The van der Waals surface area contributed by atoms with Gasteiger partial charge < -0.3 is 14.1 Å². The van der Waals surface area contributed by atoms with Crippen molar-refractivity contribution in [1.82, 2.24) is 0 Å². The van der Waals surface area contributed by atoms with E-state index in [1.807, 2.05) is 83.1 Å². The maximum absolute atomic E-state index is 11.3. The number of unbranched alkanes of at least 4 members (excludes halogenated alkanes) is 2. The molecule has 1 unspecified atom stereocenters. The summed E-state index contributed by atoms with van der Waals surface area (Å²) in [5, 5.41) is 0. The maximum Gasteiger partial charge on any atom is 0.379 e. The van der Waals surface area contributed by atoms with Gasteiger partial charge in [-0.2, -0.15) is 17.2 Å². The molecule has 0 radical (unpaired) electrons. The summed E-state index contributed by atoms with van der Waals surface area (Å²) in [7, 11) is -4.05. The van der Waals surface area contributed by atoms with Crippen molar-refractivity contribution in [2.24, 2.45) is 0 Å². The molecule has 1 aromatic heterocycles. The van der Waals surface area contributed by atoms with Gasteiger partial charge in [0.05, 0.1) is 18.0 Å². The van der Waals surface area contributed by atoms with Crippen molar-refractivity contribution < 1.29 is 39.6 Å². The first-order valence-electron chi connectivity index (χ1n) is 13.7. The Labute approximate surface area is 247 Å². The van der Waals surface area contributed by atoms with Crippen molar-refractivity contribution >= 4 is 44.3 Å². The lowest BCUT2D eigenvalue weighted by molar-refractivity contribution is -0.678. The minimum atomic E-state index is -4.05. The van der Waals surface area contributed by atoms with Crippen LogP contribution in [0.25, 0.3) is 28.3 Å². The number of hydrogen-bond donors (Lipinski definition) is 2. The number of rotatable bonds is 13. The van der Waals surface area contributed by atoms with Gasteiger partial charge >= 0.3 is 17.3 Å².